The Bertz CT molecular complexity index is 673. The van der Waals surface area contributed by atoms with Crippen molar-refractivity contribution in [3.8, 4) is 6.07 Å². The number of nitrogens with zero attached hydrogens (tertiary/aromatic N) is 3. The van der Waals surface area contributed by atoms with Crippen LogP contribution in [0, 0.1) is 24.1 Å². The highest BCUT2D eigenvalue weighted by atomic mass is 35.5. The minimum Gasteiger partial charge on any atom is -0.378 e. The van der Waals surface area contributed by atoms with Crippen LogP contribution in [0.2, 0.25) is 5.02 Å². The number of rotatable bonds is 4. The van der Waals surface area contributed by atoms with Crippen LogP contribution in [0.25, 0.3) is 0 Å². The van der Waals surface area contributed by atoms with Crippen LogP contribution in [0.5, 0.6) is 0 Å². The molecule has 1 aromatic heterocycles. The monoisotopic (exact) mass is 292 g/mol. The van der Waals surface area contributed by atoms with Gasteiger partial charge in [-0.2, -0.15) is 10.4 Å². The average Bonchev–Trinajstić information content (AvgIpc) is 2.72. The fourth-order valence-electron chi connectivity index (χ4n) is 1.98. The van der Waals surface area contributed by atoms with Gasteiger partial charge in [-0.3, -0.25) is 4.68 Å². The summed E-state index contributed by atoms with van der Waals surface area (Å²) in [6.45, 7) is 4.95. The van der Waals surface area contributed by atoms with E-state index in [-0.39, 0.29) is 5.56 Å². The van der Waals surface area contributed by atoms with E-state index in [1.54, 1.807) is 10.7 Å². The predicted molar refractivity (Wildman–Crippen MR) is 76.1 cm³/mol. The van der Waals surface area contributed by atoms with E-state index in [9.17, 15) is 4.39 Å². The van der Waals surface area contributed by atoms with E-state index in [1.165, 1.54) is 12.1 Å². The van der Waals surface area contributed by atoms with Crippen molar-refractivity contribution in [3.05, 3.63) is 46.0 Å². The molecule has 0 aliphatic heterocycles. The molecule has 1 heterocycles. The average molecular weight is 293 g/mol. The zero-order chi connectivity index (χ0) is 14.7. The number of aromatic nitrogens is 2. The van der Waals surface area contributed by atoms with E-state index >= 15 is 0 Å². The first-order chi connectivity index (χ1) is 9.56. The number of aryl methyl sites for hydroxylation is 2. The topological polar surface area (TPSA) is 53.6 Å². The Morgan fingerprint density at radius 1 is 1.50 bits per heavy atom. The van der Waals surface area contributed by atoms with Gasteiger partial charge in [0.2, 0.25) is 0 Å². The Hall–Kier alpha value is -2.06. The van der Waals surface area contributed by atoms with Gasteiger partial charge in [0.15, 0.2) is 0 Å². The molecule has 0 aliphatic rings. The van der Waals surface area contributed by atoms with E-state index in [1.807, 2.05) is 19.9 Å². The zero-order valence-electron chi connectivity index (χ0n) is 11.2. The smallest absolute Gasteiger partial charge is 0.124 e. The summed E-state index contributed by atoms with van der Waals surface area (Å²) in [5.41, 5.74) is 2.46. The SMILES string of the molecule is CCn1nc(C)c(Cl)c1CNc1ccc(F)cc1C#N. The molecule has 4 nitrogen and oxygen atoms in total. The van der Waals surface area contributed by atoms with Crippen molar-refractivity contribution in [2.75, 3.05) is 5.32 Å². The minimum atomic E-state index is -0.431. The lowest BCUT2D eigenvalue weighted by molar-refractivity contribution is 0.622. The molecule has 2 aromatic rings. The molecule has 6 heteroatoms. The summed E-state index contributed by atoms with van der Waals surface area (Å²) >= 11 is 6.21. The van der Waals surface area contributed by atoms with Gasteiger partial charge < -0.3 is 5.32 Å². The summed E-state index contributed by atoms with van der Waals surface area (Å²) in [6.07, 6.45) is 0. The van der Waals surface area contributed by atoms with Crippen LogP contribution in [-0.4, -0.2) is 9.78 Å². The van der Waals surface area contributed by atoms with Crippen molar-refractivity contribution in [3.63, 3.8) is 0 Å². The van der Waals surface area contributed by atoms with Gasteiger partial charge in [-0.05, 0) is 32.0 Å². The van der Waals surface area contributed by atoms with Gasteiger partial charge in [-0.25, -0.2) is 4.39 Å². The standard InChI is InChI=1S/C14H14ClFN4/c1-3-20-13(14(15)9(2)19-20)8-18-12-5-4-11(16)6-10(12)7-17/h4-6,18H,3,8H2,1-2H3. The molecule has 0 aliphatic carbocycles. The summed E-state index contributed by atoms with van der Waals surface area (Å²) in [6, 6.07) is 6.02. The third kappa shape index (κ3) is 2.75. The lowest BCUT2D eigenvalue weighted by Crippen LogP contribution is -2.09. The summed E-state index contributed by atoms with van der Waals surface area (Å²) in [5, 5.41) is 17.0. The molecule has 0 fully saturated rings. The maximum absolute atomic E-state index is 13.1. The number of anilines is 1. The summed E-state index contributed by atoms with van der Waals surface area (Å²) in [4.78, 5) is 0. The first-order valence-electron chi connectivity index (χ1n) is 6.22. The molecule has 20 heavy (non-hydrogen) atoms. The second-order valence-corrected chi connectivity index (χ2v) is 4.70. The molecular formula is C14H14ClFN4. The molecule has 2 rings (SSSR count). The first kappa shape index (κ1) is 14.4. The van der Waals surface area contributed by atoms with Crippen LogP contribution in [0.4, 0.5) is 10.1 Å². The third-order valence-electron chi connectivity index (χ3n) is 3.00. The van der Waals surface area contributed by atoms with Crippen LogP contribution in [-0.2, 0) is 13.1 Å². The van der Waals surface area contributed by atoms with E-state index in [2.05, 4.69) is 10.4 Å². The molecule has 0 radical (unpaired) electrons. The second-order valence-electron chi connectivity index (χ2n) is 4.32. The van der Waals surface area contributed by atoms with Crippen molar-refractivity contribution in [1.82, 2.24) is 9.78 Å². The van der Waals surface area contributed by atoms with Gasteiger partial charge in [0.1, 0.15) is 11.9 Å². The summed E-state index contributed by atoms with van der Waals surface area (Å²) in [5.74, 6) is -0.431. The minimum absolute atomic E-state index is 0.264. The molecule has 0 amide bonds. The number of benzene rings is 1. The number of nitriles is 1. The number of nitrogens with one attached hydrogen (secondary N) is 1. The van der Waals surface area contributed by atoms with Crippen molar-refractivity contribution >= 4 is 17.3 Å². The van der Waals surface area contributed by atoms with Gasteiger partial charge in [0.05, 0.1) is 34.2 Å². The molecule has 104 valence electrons. The fraction of sp³-hybridized carbons (Fsp3) is 0.286. The van der Waals surface area contributed by atoms with E-state index in [0.29, 0.717) is 23.8 Å². The van der Waals surface area contributed by atoms with Gasteiger partial charge in [0, 0.05) is 6.54 Å². The number of hydrogen-bond acceptors (Lipinski definition) is 3. The fourth-order valence-corrected chi connectivity index (χ4v) is 2.18. The Balaban J connectivity index is 2.24. The lowest BCUT2D eigenvalue weighted by atomic mass is 10.2. The molecule has 0 saturated carbocycles. The van der Waals surface area contributed by atoms with Crippen molar-refractivity contribution in [1.29, 1.82) is 5.26 Å². The van der Waals surface area contributed by atoms with Gasteiger partial charge in [-0.1, -0.05) is 11.6 Å². The molecule has 1 aromatic carbocycles. The van der Waals surface area contributed by atoms with Gasteiger partial charge in [0.25, 0.3) is 0 Å². The largest absolute Gasteiger partial charge is 0.378 e. The molecule has 0 saturated heterocycles. The maximum Gasteiger partial charge on any atom is 0.124 e. The Morgan fingerprint density at radius 3 is 2.90 bits per heavy atom. The van der Waals surface area contributed by atoms with E-state index in [4.69, 9.17) is 16.9 Å². The third-order valence-corrected chi connectivity index (χ3v) is 3.49. The molecule has 0 spiro atoms. The van der Waals surface area contributed by atoms with Crippen LogP contribution in [0.1, 0.15) is 23.9 Å². The first-order valence-corrected chi connectivity index (χ1v) is 6.60. The van der Waals surface area contributed by atoms with Crippen LogP contribution in [0.3, 0.4) is 0 Å². The Morgan fingerprint density at radius 2 is 2.25 bits per heavy atom. The van der Waals surface area contributed by atoms with Gasteiger partial charge in [-0.15, -0.1) is 0 Å². The summed E-state index contributed by atoms with van der Waals surface area (Å²) in [7, 11) is 0. The van der Waals surface area contributed by atoms with Crippen molar-refractivity contribution in [2.24, 2.45) is 0 Å². The van der Waals surface area contributed by atoms with Crippen LogP contribution < -0.4 is 5.32 Å². The lowest BCUT2D eigenvalue weighted by Gasteiger charge is -2.10. The highest BCUT2D eigenvalue weighted by Gasteiger charge is 2.13. The van der Waals surface area contributed by atoms with E-state index in [0.717, 1.165) is 11.4 Å². The highest BCUT2D eigenvalue weighted by Crippen LogP contribution is 2.23. The predicted octanol–water partition coefficient (Wildman–Crippen LogP) is 3.49. The van der Waals surface area contributed by atoms with E-state index < -0.39 is 5.82 Å². The maximum atomic E-state index is 13.1. The normalized spacial score (nSPS) is 10.3. The number of hydrogen-bond donors (Lipinski definition) is 1. The van der Waals surface area contributed by atoms with Crippen molar-refractivity contribution < 1.29 is 4.39 Å². The van der Waals surface area contributed by atoms with Crippen molar-refractivity contribution in [2.45, 2.75) is 26.9 Å². The second kappa shape index (κ2) is 5.93. The Kier molecular flexibility index (Phi) is 4.26. The van der Waals surface area contributed by atoms with Crippen LogP contribution >= 0.6 is 11.6 Å². The Labute approximate surface area is 121 Å². The highest BCUT2D eigenvalue weighted by molar-refractivity contribution is 6.31. The number of halogens is 2. The quantitative estimate of drug-likeness (QED) is 0.938. The molecule has 1 N–H and O–H groups in total. The summed E-state index contributed by atoms with van der Waals surface area (Å²) < 4.78 is 14.9. The molecule has 0 bridgehead atoms. The van der Waals surface area contributed by atoms with Gasteiger partial charge >= 0.3 is 0 Å². The molecule has 0 atom stereocenters. The molecule has 0 unspecified atom stereocenters. The van der Waals surface area contributed by atoms with Crippen LogP contribution in [0.15, 0.2) is 18.2 Å². The molecular weight excluding hydrogens is 279 g/mol. The zero-order valence-corrected chi connectivity index (χ0v) is 12.0.